The Bertz CT molecular complexity index is 319. The van der Waals surface area contributed by atoms with Gasteiger partial charge in [-0.05, 0) is 25.7 Å². The monoisotopic (exact) mass is 323 g/mol. The molecule has 0 bridgehead atoms. The predicted octanol–water partition coefficient (Wildman–Crippen LogP) is 1.29. The van der Waals surface area contributed by atoms with Crippen molar-refractivity contribution in [2.45, 2.75) is 49.9 Å². The third-order valence-corrected chi connectivity index (χ3v) is 4.31. The van der Waals surface area contributed by atoms with E-state index in [9.17, 15) is 8.78 Å². The topological polar surface area (TPSA) is 51.2 Å². The molecule has 7 heteroatoms. The Labute approximate surface area is 130 Å². The van der Waals surface area contributed by atoms with E-state index in [1.807, 2.05) is 0 Å². The lowest BCUT2D eigenvalue weighted by atomic mass is 9.91. The summed E-state index contributed by atoms with van der Waals surface area (Å²) >= 11 is 0. The Kier molecular flexibility index (Phi) is 6.95. The third kappa shape index (κ3) is 5.70. The minimum absolute atomic E-state index is 0.0463. The predicted molar refractivity (Wildman–Crippen MR) is 77.2 cm³/mol. The van der Waals surface area contributed by atoms with E-state index in [2.05, 4.69) is 0 Å². The molecule has 2 fully saturated rings. The van der Waals surface area contributed by atoms with E-state index in [-0.39, 0.29) is 32.0 Å². The summed E-state index contributed by atoms with van der Waals surface area (Å²) in [6.07, 6.45) is 4.24. The van der Waals surface area contributed by atoms with Crippen LogP contribution >= 0.6 is 0 Å². The SMILES string of the molecule is COC1CC(OC2CCN(CC(F)(F)COCCO)CC2)C1. The molecule has 1 heterocycles. The molecular formula is C15H27F2NO4. The zero-order valence-corrected chi connectivity index (χ0v) is 13.2. The van der Waals surface area contributed by atoms with Crippen molar-refractivity contribution in [2.24, 2.45) is 0 Å². The first-order chi connectivity index (χ1) is 10.5. The van der Waals surface area contributed by atoms with Gasteiger partial charge in [-0.15, -0.1) is 0 Å². The fraction of sp³-hybridized carbons (Fsp3) is 1.00. The Morgan fingerprint density at radius 3 is 2.41 bits per heavy atom. The largest absolute Gasteiger partial charge is 0.394 e. The molecule has 0 amide bonds. The zero-order chi connectivity index (χ0) is 16.0. The van der Waals surface area contributed by atoms with Gasteiger partial charge in [0.1, 0.15) is 6.61 Å². The molecule has 1 aliphatic carbocycles. The van der Waals surface area contributed by atoms with Crippen LogP contribution < -0.4 is 0 Å². The molecule has 1 saturated heterocycles. The van der Waals surface area contributed by atoms with E-state index in [0.717, 1.165) is 25.7 Å². The number of alkyl halides is 2. The maximum atomic E-state index is 13.7. The zero-order valence-electron chi connectivity index (χ0n) is 13.2. The summed E-state index contributed by atoms with van der Waals surface area (Å²) in [6.45, 7) is 0.0471. The van der Waals surface area contributed by atoms with Gasteiger partial charge in [-0.3, -0.25) is 4.90 Å². The van der Waals surface area contributed by atoms with Gasteiger partial charge in [0, 0.05) is 20.2 Å². The second kappa shape index (κ2) is 8.49. The number of nitrogens with zero attached hydrogens (tertiary/aromatic N) is 1. The van der Waals surface area contributed by atoms with Gasteiger partial charge in [0.15, 0.2) is 0 Å². The average molecular weight is 323 g/mol. The van der Waals surface area contributed by atoms with E-state index < -0.39 is 12.5 Å². The van der Waals surface area contributed by atoms with E-state index in [0.29, 0.717) is 19.2 Å². The average Bonchev–Trinajstić information content (AvgIpc) is 2.44. The summed E-state index contributed by atoms with van der Waals surface area (Å²) in [7, 11) is 1.71. The van der Waals surface area contributed by atoms with Gasteiger partial charge in [0.25, 0.3) is 5.92 Å². The molecule has 0 radical (unpaired) electrons. The minimum Gasteiger partial charge on any atom is -0.394 e. The number of aliphatic hydroxyl groups excluding tert-OH is 1. The summed E-state index contributed by atoms with van der Waals surface area (Å²) in [5.41, 5.74) is 0. The molecule has 2 rings (SSSR count). The Morgan fingerprint density at radius 2 is 1.82 bits per heavy atom. The van der Waals surface area contributed by atoms with E-state index in [1.54, 1.807) is 12.0 Å². The molecule has 0 atom stereocenters. The molecule has 0 unspecified atom stereocenters. The fourth-order valence-corrected chi connectivity index (χ4v) is 2.96. The lowest BCUT2D eigenvalue weighted by Gasteiger charge is -2.39. The fourth-order valence-electron chi connectivity index (χ4n) is 2.96. The normalized spacial score (nSPS) is 27.8. The van der Waals surface area contributed by atoms with Crippen LogP contribution in [0.1, 0.15) is 25.7 Å². The van der Waals surface area contributed by atoms with Crippen molar-refractivity contribution in [3.8, 4) is 0 Å². The number of ether oxygens (including phenoxy) is 3. The van der Waals surface area contributed by atoms with Crippen LogP contribution in [0.5, 0.6) is 0 Å². The van der Waals surface area contributed by atoms with Crippen molar-refractivity contribution in [3.63, 3.8) is 0 Å². The highest BCUT2D eigenvalue weighted by Gasteiger charge is 2.36. The number of methoxy groups -OCH3 is 1. The highest BCUT2D eigenvalue weighted by molar-refractivity contribution is 4.84. The van der Waals surface area contributed by atoms with Crippen LogP contribution in [0.15, 0.2) is 0 Å². The molecule has 5 nitrogen and oxygen atoms in total. The van der Waals surface area contributed by atoms with Crippen LogP contribution in [-0.4, -0.2) is 80.8 Å². The smallest absolute Gasteiger partial charge is 0.283 e. The maximum absolute atomic E-state index is 13.7. The number of rotatable bonds is 9. The molecule has 0 aromatic rings. The molecule has 1 aliphatic heterocycles. The summed E-state index contributed by atoms with van der Waals surface area (Å²) in [6, 6.07) is 0. The van der Waals surface area contributed by atoms with E-state index in [1.165, 1.54) is 0 Å². The summed E-state index contributed by atoms with van der Waals surface area (Å²) < 4.78 is 43.3. The summed E-state index contributed by atoms with van der Waals surface area (Å²) in [4.78, 5) is 1.76. The molecular weight excluding hydrogens is 296 g/mol. The van der Waals surface area contributed by atoms with Crippen LogP contribution in [-0.2, 0) is 14.2 Å². The minimum atomic E-state index is -2.87. The van der Waals surface area contributed by atoms with E-state index >= 15 is 0 Å². The van der Waals surface area contributed by atoms with Gasteiger partial charge in [0.2, 0.25) is 0 Å². The van der Waals surface area contributed by atoms with Crippen LogP contribution in [0.25, 0.3) is 0 Å². The number of hydrogen-bond acceptors (Lipinski definition) is 5. The van der Waals surface area contributed by atoms with Gasteiger partial charge < -0.3 is 19.3 Å². The van der Waals surface area contributed by atoms with Crippen LogP contribution in [0, 0.1) is 0 Å². The van der Waals surface area contributed by atoms with Gasteiger partial charge in [-0.25, -0.2) is 8.78 Å². The van der Waals surface area contributed by atoms with E-state index in [4.69, 9.17) is 19.3 Å². The molecule has 1 N–H and O–H groups in total. The van der Waals surface area contributed by atoms with Crippen LogP contribution in [0.3, 0.4) is 0 Å². The quantitative estimate of drug-likeness (QED) is 0.648. The Hall–Kier alpha value is -0.340. The number of aliphatic hydroxyl groups is 1. The van der Waals surface area contributed by atoms with Crippen molar-refractivity contribution in [1.29, 1.82) is 0 Å². The molecule has 0 aromatic heterocycles. The number of piperidine rings is 1. The summed E-state index contributed by atoms with van der Waals surface area (Å²) in [5.74, 6) is -2.87. The number of likely N-dealkylation sites (tertiary alicyclic amines) is 1. The first-order valence-corrected chi connectivity index (χ1v) is 7.99. The van der Waals surface area contributed by atoms with Gasteiger partial charge in [-0.2, -0.15) is 0 Å². The molecule has 0 spiro atoms. The third-order valence-electron chi connectivity index (χ3n) is 4.31. The molecule has 1 saturated carbocycles. The van der Waals surface area contributed by atoms with Crippen LogP contribution in [0.4, 0.5) is 8.78 Å². The van der Waals surface area contributed by atoms with Crippen molar-refractivity contribution < 1.29 is 28.1 Å². The number of halogens is 2. The first kappa shape index (κ1) is 18.0. The molecule has 0 aromatic carbocycles. The van der Waals surface area contributed by atoms with Crippen molar-refractivity contribution in [1.82, 2.24) is 4.90 Å². The lowest BCUT2D eigenvalue weighted by Crippen LogP contribution is -2.47. The first-order valence-electron chi connectivity index (χ1n) is 7.99. The van der Waals surface area contributed by atoms with Gasteiger partial charge in [0.05, 0.1) is 38.1 Å². The van der Waals surface area contributed by atoms with Crippen molar-refractivity contribution in [2.75, 3.05) is 46.6 Å². The second-order valence-corrected chi connectivity index (χ2v) is 6.19. The van der Waals surface area contributed by atoms with Crippen molar-refractivity contribution in [3.05, 3.63) is 0 Å². The Morgan fingerprint density at radius 1 is 1.14 bits per heavy atom. The standard InChI is InChI=1S/C15H27F2NO4/c1-20-13-8-14(9-13)22-12-2-4-18(5-3-12)10-15(16,17)11-21-7-6-19/h12-14,19H,2-11H2,1H3. The van der Waals surface area contributed by atoms with Gasteiger partial charge in [-0.1, -0.05) is 0 Å². The summed E-state index contributed by atoms with van der Waals surface area (Å²) in [5, 5.41) is 8.54. The van der Waals surface area contributed by atoms with Crippen molar-refractivity contribution >= 4 is 0 Å². The maximum Gasteiger partial charge on any atom is 0.283 e. The second-order valence-electron chi connectivity index (χ2n) is 6.19. The number of hydrogen-bond donors (Lipinski definition) is 1. The molecule has 22 heavy (non-hydrogen) atoms. The molecule has 2 aliphatic rings. The van der Waals surface area contributed by atoms with Crippen LogP contribution in [0.2, 0.25) is 0 Å². The highest BCUT2D eigenvalue weighted by Crippen LogP contribution is 2.29. The Balaban J connectivity index is 1.60. The molecule has 130 valence electrons. The van der Waals surface area contributed by atoms with Gasteiger partial charge >= 0.3 is 0 Å². The lowest BCUT2D eigenvalue weighted by molar-refractivity contribution is -0.135. The highest BCUT2D eigenvalue weighted by atomic mass is 19.3.